The summed E-state index contributed by atoms with van der Waals surface area (Å²) in [6.45, 7) is 2.76. The summed E-state index contributed by atoms with van der Waals surface area (Å²) in [4.78, 5) is 16.9. The minimum absolute atomic E-state index is 0.440. The number of fused-ring (bicyclic) bond motifs is 1. The van der Waals surface area contributed by atoms with Gasteiger partial charge in [-0.05, 0) is 31.4 Å². The van der Waals surface area contributed by atoms with Gasteiger partial charge in [-0.1, -0.05) is 19.1 Å². The number of aryl methyl sites for hydroxylation is 1. The maximum atomic E-state index is 11.2. The Bertz CT molecular complexity index is 665. The van der Waals surface area contributed by atoms with Crippen LogP contribution >= 0.6 is 11.3 Å². The smallest absolute Gasteiger partial charge is 0.312 e. The summed E-state index contributed by atoms with van der Waals surface area (Å²) in [7, 11) is 0. The third-order valence-corrected chi connectivity index (χ3v) is 4.75. The maximum absolute atomic E-state index is 11.2. The molecule has 4 nitrogen and oxygen atoms in total. The lowest BCUT2D eigenvalue weighted by molar-refractivity contribution is -0.138. The maximum Gasteiger partial charge on any atom is 0.312 e. The van der Waals surface area contributed by atoms with Crippen LogP contribution in [0.15, 0.2) is 24.3 Å². The van der Waals surface area contributed by atoms with Crippen LogP contribution in [0.2, 0.25) is 0 Å². The van der Waals surface area contributed by atoms with Gasteiger partial charge in [0.25, 0.3) is 0 Å². The highest BCUT2D eigenvalue weighted by atomic mass is 32.1. The molecule has 0 radical (unpaired) electrons. The molecular weight excluding hydrogens is 286 g/mol. The number of aliphatic carboxylic acids is 1. The molecule has 21 heavy (non-hydrogen) atoms. The van der Waals surface area contributed by atoms with Crippen molar-refractivity contribution in [2.45, 2.75) is 32.1 Å². The number of ether oxygens (including phenoxy) is 1. The molecule has 0 saturated carbocycles. The van der Waals surface area contributed by atoms with Crippen LogP contribution in [0, 0.1) is 0 Å². The SMILES string of the molecule is CCCOc1cccc(-c2nc3c(s2)CCC3C(=O)O)c1. The van der Waals surface area contributed by atoms with Crippen molar-refractivity contribution in [3.8, 4) is 16.3 Å². The molecule has 0 saturated heterocycles. The molecule has 1 aromatic heterocycles. The summed E-state index contributed by atoms with van der Waals surface area (Å²) in [5, 5.41) is 10.1. The van der Waals surface area contributed by atoms with E-state index in [1.807, 2.05) is 24.3 Å². The van der Waals surface area contributed by atoms with Gasteiger partial charge in [-0.25, -0.2) is 4.98 Å². The third-order valence-electron chi connectivity index (χ3n) is 3.57. The number of carboxylic acids is 1. The van der Waals surface area contributed by atoms with Crippen LogP contribution < -0.4 is 4.74 Å². The van der Waals surface area contributed by atoms with Crippen molar-refractivity contribution in [3.05, 3.63) is 34.8 Å². The van der Waals surface area contributed by atoms with Gasteiger partial charge in [0.1, 0.15) is 16.7 Å². The number of aromatic nitrogens is 1. The molecule has 0 fully saturated rings. The topological polar surface area (TPSA) is 59.4 Å². The van der Waals surface area contributed by atoms with Crippen molar-refractivity contribution in [1.29, 1.82) is 0 Å². The van der Waals surface area contributed by atoms with Crippen LogP contribution in [0.3, 0.4) is 0 Å². The summed E-state index contributed by atoms with van der Waals surface area (Å²) in [6, 6.07) is 7.84. The predicted octanol–water partition coefficient (Wildman–Crippen LogP) is 3.71. The predicted molar refractivity (Wildman–Crippen MR) is 82.0 cm³/mol. The van der Waals surface area contributed by atoms with Gasteiger partial charge in [0.05, 0.1) is 12.3 Å². The largest absolute Gasteiger partial charge is 0.494 e. The minimum Gasteiger partial charge on any atom is -0.494 e. The Morgan fingerprint density at radius 3 is 3.14 bits per heavy atom. The Morgan fingerprint density at radius 1 is 1.52 bits per heavy atom. The molecule has 0 spiro atoms. The minimum atomic E-state index is -0.773. The van der Waals surface area contributed by atoms with Gasteiger partial charge in [-0.3, -0.25) is 4.79 Å². The fourth-order valence-electron chi connectivity index (χ4n) is 2.53. The van der Waals surface area contributed by atoms with E-state index in [0.717, 1.165) is 39.7 Å². The summed E-state index contributed by atoms with van der Waals surface area (Å²) in [5.41, 5.74) is 1.74. The molecular formula is C16H17NO3S. The van der Waals surface area contributed by atoms with Crippen LogP contribution in [0.25, 0.3) is 10.6 Å². The first-order valence-corrected chi connectivity index (χ1v) is 7.96. The quantitative estimate of drug-likeness (QED) is 0.914. The second kappa shape index (κ2) is 5.85. The first-order valence-electron chi connectivity index (χ1n) is 7.14. The lowest BCUT2D eigenvalue weighted by atomic mass is 10.1. The summed E-state index contributed by atoms with van der Waals surface area (Å²) in [6.07, 6.45) is 2.45. The number of thiazole rings is 1. The fourth-order valence-corrected chi connectivity index (χ4v) is 3.66. The van der Waals surface area contributed by atoms with E-state index in [-0.39, 0.29) is 0 Å². The average molecular weight is 303 g/mol. The first-order chi connectivity index (χ1) is 10.2. The molecule has 3 rings (SSSR count). The van der Waals surface area contributed by atoms with Gasteiger partial charge in [-0.2, -0.15) is 0 Å². The van der Waals surface area contributed by atoms with Crippen molar-refractivity contribution >= 4 is 17.3 Å². The number of rotatable bonds is 5. The molecule has 110 valence electrons. The highest BCUT2D eigenvalue weighted by molar-refractivity contribution is 7.15. The van der Waals surface area contributed by atoms with Crippen LogP contribution in [-0.2, 0) is 11.2 Å². The third kappa shape index (κ3) is 2.78. The van der Waals surface area contributed by atoms with E-state index >= 15 is 0 Å². The van der Waals surface area contributed by atoms with E-state index in [0.29, 0.717) is 13.0 Å². The van der Waals surface area contributed by atoms with Crippen LogP contribution in [-0.4, -0.2) is 22.7 Å². The van der Waals surface area contributed by atoms with Crippen molar-refractivity contribution in [1.82, 2.24) is 4.98 Å². The summed E-state index contributed by atoms with van der Waals surface area (Å²) >= 11 is 1.60. The van der Waals surface area contributed by atoms with Crippen molar-refractivity contribution in [3.63, 3.8) is 0 Å². The average Bonchev–Trinajstić information content (AvgIpc) is 3.05. The molecule has 1 aliphatic rings. The van der Waals surface area contributed by atoms with Gasteiger partial charge in [0.15, 0.2) is 0 Å². The molecule has 1 unspecified atom stereocenters. The molecule has 0 bridgehead atoms. The van der Waals surface area contributed by atoms with E-state index in [4.69, 9.17) is 4.74 Å². The van der Waals surface area contributed by atoms with E-state index < -0.39 is 11.9 Å². The second-order valence-electron chi connectivity index (χ2n) is 5.13. The number of carbonyl (C=O) groups is 1. The molecule has 2 aromatic rings. The lowest BCUT2D eigenvalue weighted by Crippen LogP contribution is -2.08. The van der Waals surface area contributed by atoms with Crippen molar-refractivity contribution in [2.75, 3.05) is 6.61 Å². The molecule has 1 heterocycles. The lowest BCUT2D eigenvalue weighted by Gasteiger charge is -2.06. The van der Waals surface area contributed by atoms with Gasteiger partial charge < -0.3 is 9.84 Å². The monoisotopic (exact) mass is 303 g/mol. The molecule has 1 aliphatic carbocycles. The van der Waals surface area contributed by atoms with Crippen LogP contribution in [0.1, 0.15) is 36.3 Å². The van der Waals surface area contributed by atoms with E-state index in [9.17, 15) is 9.90 Å². The van der Waals surface area contributed by atoms with E-state index in [1.165, 1.54) is 0 Å². The first kappa shape index (κ1) is 14.1. The number of nitrogens with zero attached hydrogens (tertiary/aromatic N) is 1. The molecule has 1 aromatic carbocycles. The summed E-state index contributed by atoms with van der Waals surface area (Å²) in [5.74, 6) is -0.380. The zero-order valence-corrected chi connectivity index (χ0v) is 12.7. The van der Waals surface area contributed by atoms with Gasteiger partial charge >= 0.3 is 5.97 Å². The Morgan fingerprint density at radius 2 is 2.38 bits per heavy atom. The molecule has 1 atom stereocenters. The van der Waals surface area contributed by atoms with Crippen LogP contribution in [0.5, 0.6) is 5.75 Å². The normalized spacial score (nSPS) is 16.7. The fraction of sp³-hybridized carbons (Fsp3) is 0.375. The Balaban J connectivity index is 1.88. The standard InChI is InChI=1S/C16H17NO3S/c1-2-8-20-11-5-3-4-10(9-11)15-17-14-12(16(18)19)6-7-13(14)21-15/h3-5,9,12H,2,6-8H2,1H3,(H,18,19). The zero-order chi connectivity index (χ0) is 14.8. The van der Waals surface area contributed by atoms with Gasteiger partial charge in [-0.15, -0.1) is 11.3 Å². The molecule has 5 heteroatoms. The Labute approximate surface area is 127 Å². The second-order valence-corrected chi connectivity index (χ2v) is 6.22. The van der Waals surface area contributed by atoms with Crippen LogP contribution in [0.4, 0.5) is 0 Å². The Hall–Kier alpha value is -1.88. The molecule has 0 aliphatic heterocycles. The van der Waals surface area contributed by atoms with Gasteiger partial charge in [0, 0.05) is 10.4 Å². The number of benzene rings is 1. The molecule has 1 N–H and O–H groups in total. The van der Waals surface area contributed by atoms with Crippen molar-refractivity contribution < 1.29 is 14.6 Å². The highest BCUT2D eigenvalue weighted by Crippen LogP contribution is 2.40. The number of hydrogen-bond acceptors (Lipinski definition) is 4. The van der Waals surface area contributed by atoms with Crippen molar-refractivity contribution in [2.24, 2.45) is 0 Å². The molecule has 0 amide bonds. The zero-order valence-electron chi connectivity index (χ0n) is 11.8. The highest BCUT2D eigenvalue weighted by Gasteiger charge is 2.32. The van der Waals surface area contributed by atoms with E-state index in [2.05, 4.69) is 11.9 Å². The number of carboxylic acid groups (broad SMARTS) is 1. The van der Waals surface area contributed by atoms with E-state index in [1.54, 1.807) is 11.3 Å². The Kier molecular flexibility index (Phi) is 3.92. The van der Waals surface area contributed by atoms with Gasteiger partial charge in [0.2, 0.25) is 0 Å². The summed E-state index contributed by atoms with van der Waals surface area (Å²) < 4.78 is 5.64. The number of hydrogen-bond donors (Lipinski definition) is 1.